The second kappa shape index (κ2) is 18.0. The predicted molar refractivity (Wildman–Crippen MR) is 234 cm³/mol. The van der Waals surface area contributed by atoms with Crippen LogP contribution in [0.25, 0.3) is 42.3 Å². The van der Waals surface area contributed by atoms with Crippen molar-refractivity contribution in [3.05, 3.63) is 77.3 Å². The minimum absolute atomic E-state index is 0. The molecule has 0 aliphatic heterocycles. The van der Waals surface area contributed by atoms with E-state index in [0.717, 1.165) is 27.9 Å². The Hall–Kier alpha value is -2.70. The van der Waals surface area contributed by atoms with Gasteiger partial charge >= 0.3 is 0 Å². The number of aliphatic hydroxyl groups excluding tert-OH is 1. The van der Waals surface area contributed by atoms with Crippen LogP contribution in [0.5, 0.6) is 0 Å². The molecule has 0 aliphatic carbocycles. The van der Waals surface area contributed by atoms with E-state index in [1.54, 1.807) is 6.33 Å². The molecule has 4 nitrogen and oxygen atoms in total. The molecule has 5 aromatic rings. The van der Waals surface area contributed by atoms with Crippen LogP contribution in [0.15, 0.2) is 54.6 Å². The van der Waals surface area contributed by atoms with Gasteiger partial charge in [-0.15, -0.1) is 40.1 Å². The monoisotopic (exact) mass is 942 g/mol. The first-order chi connectivity index (χ1) is 24.5. The van der Waals surface area contributed by atoms with Crippen molar-refractivity contribution in [1.82, 2.24) is 9.97 Å². The fourth-order valence-corrected chi connectivity index (χ4v) is 10.9. The number of carbonyl (C=O) groups excluding carboxylic acids is 1. The average Bonchev–Trinajstić information content (AvgIpc) is 3.37. The summed E-state index contributed by atoms with van der Waals surface area (Å²) < 4.78 is 2.45. The number of ketones is 1. The van der Waals surface area contributed by atoms with E-state index in [2.05, 4.69) is 152 Å². The topological polar surface area (TPSA) is 63.1 Å². The molecule has 0 spiro atoms. The minimum atomic E-state index is -1.59. The van der Waals surface area contributed by atoms with Gasteiger partial charge in [0.05, 0.1) is 19.3 Å². The van der Waals surface area contributed by atoms with Crippen molar-refractivity contribution in [2.24, 2.45) is 40.9 Å². The molecule has 3 aromatic carbocycles. The van der Waals surface area contributed by atoms with Crippen molar-refractivity contribution in [2.45, 2.75) is 116 Å². The number of aromatic nitrogens is 2. The van der Waals surface area contributed by atoms with Gasteiger partial charge in [-0.1, -0.05) is 136 Å². The largest absolute Gasteiger partial charge is 0.512 e. The molecule has 1 radical (unpaired) electrons. The van der Waals surface area contributed by atoms with Crippen molar-refractivity contribution < 1.29 is 30.0 Å². The molecule has 295 valence electrons. The number of hydrogen-bond acceptors (Lipinski definition) is 5. The zero-order chi connectivity index (χ0) is 39.7. The standard InChI is InChI=1S/C30H33N2SSi.C17H32O2.Ir/c1-18-11-21-14-22(15-26(34(6,7)8)24(21)12-19(18)2)27-29-28(32-17-31-27)23-10-9-20(13-25(23)33-29)16-30(3,4)5;1-10(2)16(11(3)4)14(18)9-15(19)17(12(5)6)13(7)8;/h9-13,15,17H,16H2,1-8H3;9-13,16-18H,1-8H3;/q-1;;/b;14-9-;. The Morgan fingerprint density at radius 2 is 1.41 bits per heavy atom. The molecular formula is C47H65IrN2O2SSi-. The molecule has 5 rings (SSSR count). The number of nitrogens with zero attached hydrogens (tertiary/aromatic N) is 2. The third-order valence-corrected chi connectivity index (χ3v) is 13.6. The van der Waals surface area contributed by atoms with Crippen LogP contribution in [0, 0.1) is 60.8 Å². The summed E-state index contributed by atoms with van der Waals surface area (Å²) in [6.45, 7) is 35.1. The van der Waals surface area contributed by atoms with Crippen LogP contribution in [0.2, 0.25) is 19.6 Å². The summed E-state index contributed by atoms with van der Waals surface area (Å²) in [7, 11) is -1.59. The summed E-state index contributed by atoms with van der Waals surface area (Å²) in [5.74, 6) is 1.63. The molecular weight excluding hydrogens is 877 g/mol. The zero-order valence-electron chi connectivity index (χ0n) is 35.8. The van der Waals surface area contributed by atoms with E-state index in [1.165, 1.54) is 48.8 Å². The van der Waals surface area contributed by atoms with Crippen molar-refractivity contribution in [3.63, 3.8) is 0 Å². The average molecular weight is 942 g/mol. The summed E-state index contributed by atoms with van der Waals surface area (Å²) in [5, 5.41) is 15.5. The Morgan fingerprint density at radius 1 is 0.833 bits per heavy atom. The van der Waals surface area contributed by atoms with E-state index >= 15 is 0 Å². The normalized spacial score (nSPS) is 12.9. The van der Waals surface area contributed by atoms with Crippen LogP contribution in [0.3, 0.4) is 0 Å². The number of rotatable bonds is 10. The number of aryl methyl sites for hydroxylation is 2. The van der Waals surface area contributed by atoms with Gasteiger partial charge in [0.15, 0.2) is 5.78 Å². The maximum atomic E-state index is 12.3. The third-order valence-electron chi connectivity index (χ3n) is 10.4. The first kappa shape index (κ1) is 45.7. The molecule has 0 bridgehead atoms. The summed E-state index contributed by atoms with van der Waals surface area (Å²) >= 11 is 1.81. The zero-order valence-corrected chi connectivity index (χ0v) is 40.0. The van der Waals surface area contributed by atoms with E-state index in [0.29, 0.717) is 23.7 Å². The van der Waals surface area contributed by atoms with Crippen LogP contribution in [-0.2, 0) is 31.3 Å². The number of fused-ring (bicyclic) bond motifs is 4. The van der Waals surface area contributed by atoms with Gasteiger partial charge in [-0.05, 0) is 61.0 Å². The molecule has 1 N–H and O–H groups in total. The SMILES string of the molecule is CC(C)C(C(=O)/C=C(\O)C(C(C)C)C(C)C)C(C)C.Cc1cc2[c-]c(-c3ncnc4c3sc3cc(CC(C)(C)C)ccc34)cc([Si](C)(C)C)c2cc1C.[Ir]. The van der Waals surface area contributed by atoms with E-state index in [4.69, 9.17) is 9.97 Å². The Kier molecular flexibility index (Phi) is 15.3. The van der Waals surface area contributed by atoms with Crippen molar-refractivity contribution in [3.8, 4) is 11.3 Å². The van der Waals surface area contributed by atoms with Gasteiger partial charge < -0.3 is 5.11 Å². The van der Waals surface area contributed by atoms with Gasteiger partial charge in [-0.25, -0.2) is 4.98 Å². The predicted octanol–water partition coefficient (Wildman–Crippen LogP) is 13.1. The first-order valence-electron chi connectivity index (χ1n) is 19.6. The van der Waals surface area contributed by atoms with Gasteiger partial charge in [0.25, 0.3) is 0 Å². The molecule has 0 amide bonds. The van der Waals surface area contributed by atoms with E-state index < -0.39 is 8.07 Å². The van der Waals surface area contributed by atoms with Gasteiger partial charge in [0.1, 0.15) is 6.33 Å². The fourth-order valence-electron chi connectivity index (χ4n) is 8.04. The quantitative estimate of drug-likeness (QED) is 0.0656. The minimum Gasteiger partial charge on any atom is -0.512 e. The molecule has 0 saturated heterocycles. The van der Waals surface area contributed by atoms with Gasteiger partial charge in [0.2, 0.25) is 0 Å². The van der Waals surface area contributed by atoms with Crippen molar-refractivity contribution >= 4 is 61.5 Å². The maximum Gasteiger partial charge on any atom is 0.162 e. The Balaban J connectivity index is 0.000000338. The smallest absolute Gasteiger partial charge is 0.162 e. The molecule has 0 unspecified atom stereocenters. The van der Waals surface area contributed by atoms with Crippen molar-refractivity contribution in [1.29, 1.82) is 0 Å². The molecule has 2 heterocycles. The van der Waals surface area contributed by atoms with E-state index in [9.17, 15) is 9.90 Å². The van der Waals surface area contributed by atoms with Crippen LogP contribution in [0.4, 0.5) is 0 Å². The number of benzene rings is 3. The Morgan fingerprint density at radius 3 is 1.94 bits per heavy atom. The van der Waals surface area contributed by atoms with Crippen molar-refractivity contribution in [2.75, 3.05) is 0 Å². The molecule has 2 aromatic heterocycles. The number of hydrogen-bond donors (Lipinski definition) is 1. The van der Waals surface area contributed by atoms with E-state index in [1.807, 2.05) is 11.3 Å². The fraction of sp³-hybridized carbons (Fsp3) is 0.511. The third kappa shape index (κ3) is 10.8. The van der Waals surface area contributed by atoms with Crippen LogP contribution >= 0.6 is 11.3 Å². The molecule has 0 fully saturated rings. The summed E-state index contributed by atoms with van der Waals surface area (Å²) in [5.41, 5.74) is 7.43. The van der Waals surface area contributed by atoms with Gasteiger partial charge in [-0.3, -0.25) is 9.78 Å². The molecule has 0 aliphatic rings. The molecule has 0 saturated carbocycles. The number of carbonyl (C=O) groups is 1. The second-order valence-electron chi connectivity index (χ2n) is 18.9. The van der Waals surface area contributed by atoms with Gasteiger partial charge in [0, 0.05) is 58.5 Å². The van der Waals surface area contributed by atoms with E-state index in [-0.39, 0.29) is 48.9 Å². The summed E-state index contributed by atoms with van der Waals surface area (Å²) in [6.07, 6.45) is 4.27. The van der Waals surface area contributed by atoms with Crippen LogP contribution in [-0.4, -0.2) is 28.9 Å². The second-order valence-corrected chi connectivity index (χ2v) is 25.0. The Labute approximate surface area is 345 Å². The summed E-state index contributed by atoms with van der Waals surface area (Å²) in [6, 6.07) is 17.6. The number of allylic oxidation sites excluding steroid dienone is 2. The van der Waals surface area contributed by atoms with Crippen LogP contribution in [0.1, 0.15) is 92.9 Å². The van der Waals surface area contributed by atoms with Crippen LogP contribution < -0.4 is 5.19 Å². The maximum absolute atomic E-state index is 12.3. The number of aliphatic hydroxyl groups is 1. The Bertz CT molecular complexity index is 2100. The molecule has 0 atom stereocenters. The molecule has 7 heteroatoms. The summed E-state index contributed by atoms with van der Waals surface area (Å²) in [4.78, 5) is 21.9. The van der Waals surface area contributed by atoms with Gasteiger partial charge in [-0.2, -0.15) is 0 Å². The molecule has 54 heavy (non-hydrogen) atoms. The number of thiophene rings is 1. The first-order valence-corrected chi connectivity index (χ1v) is 23.9.